The molecule has 8 heteroatoms. The van der Waals surface area contributed by atoms with E-state index in [9.17, 15) is 9.90 Å². The van der Waals surface area contributed by atoms with Gasteiger partial charge in [0.15, 0.2) is 0 Å². The van der Waals surface area contributed by atoms with Crippen molar-refractivity contribution in [3.8, 4) is 0 Å². The summed E-state index contributed by atoms with van der Waals surface area (Å²) < 4.78 is 1.63. The molecular formula is C19H21N5O2S. The molecule has 140 valence electrons. The largest absolute Gasteiger partial charge is 0.391 e. The number of carbonyl (C=O) groups is 1. The molecule has 1 aliphatic heterocycles. The Hall–Kier alpha value is -2.58. The van der Waals surface area contributed by atoms with Crippen LogP contribution in [0.2, 0.25) is 0 Å². The smallest absolute Gasteiger partial charge is 0.253 e. The van der Waals surface area contributed by atoms with Gasteiger partial charge in [0.1, 0.15) is 6.33 Å². The summed E-state index contributed by atoms with van der Waals surface area (Å²) in [7, 11) is 0. The Balaban J connectivity index is 1.40. The number of aryl methyl sites for hydroxylation is 1. The Kier molecular flexibility index (Phi) is 5.00. The second-order valence-electron chi connectivity index (χ2n) is 6.89. The summed E-state index contributed by atoms with van der Waals surface area (Å²) in [6, 6.07) is 9.55. The number of tetrazole rings is 1. The minimum Gasteiger partial charge on any atom is -0.391 e. The van der Waals surface area contributed by atoms with Crippen molar-refractivity contribution in [2.24, 2.45) is 0 Å². The maximum Gasteiger partial charge on any atom is 0.253 e. The average molecular weight is 383 g/mol. The van der Waals surface area contributed by atoms with E-state index in [1.165, 1.54) is 10.4 Å². The molecule has 0 aliphatic carbocycles. The fraction of sp³-hybridized carbons (Fsp3) is 0.368. The SMILES string of the molecule is Cc1ccsc1[C@@H]1CCN(C(=O)c2ccc(Cn3cnnn3)cc2)C[C@H]1O. The van der Waals surface area contributed by atoms with Crippen molar-refractivity contribution < 1.29 is 9.90 Å². The predicted octanol–water partition coefficient (Wildman–Crippen LogP) is 2.08. The van der Waals surface area contributed by atoms with Crippen molar-refractivity contribution >= 4 is 17.2 Å². The predicted molar refractivity (Wildman–Crippen MR) is 102 cm³/mol. The topological polar surface area (TPSA) is 84.1 Å². The van der Waals surface area contributed by atoms with Crippen LogP contribution in [0, 0.1) is 6.92 Å². The van der Waals surface area contributed by atoms with Crippen LogP contribution in [0.5, 0.6) is 0 Å². The van der Waals surface area contributed by atoms with Gasteiger partial charge in [-0.05, 0) is 58.5 Å². The number of nitrogens with zero attached hydrogens (tertiary/aromatic N) is 5. The van der Waals surface area contributed by atoms with E-state index in [4.69, 9.17) is 0 Å². The molecule has 27 heavy (non-hydrogen) atoms. The van der Waals surface area contributed by atoms with Crippen LogP contribution in [0.25, 0.3) is 0 Å². The van der Waals surface area contributed by atoms with E-state index in [1.807, 2.05) is 24.3 Å². The number of aliphatic hydroxyl groups excluding tert-OH is 1. The van der Waals surface area contributed by atoms with Gasteiger partial charge in [-0.1, -0.05) is 12.1 Å². The summed E-state index contributed by atoms with van der Waals surface area (Å²) in [5.74, 6) is 0.0806. The molecule has 1 aliphatic rings. The molecule has 3 aromatic rings. The lowest BCUT2D eigenvalue weighted by Crippen LogP contribution is -2.45. The molecule has 1 aromatic carbocycles. The quantitative estimate of drug-likeness (QED) is 0.746. The lowest BCUT2D eigenvalue weighted by atomic mass is 9.90. The van der Waals surface area contributed by atoms with Gasteiger partial charge in [-0.15, -0.1) is 16.4 Å². The fourth-order valence-electron chi connectivity index (χ4n) is 3.56. The molecule has 0 unspecified atom stereocenters. The van der Waals surface area contributed by atoms with Gasteiger partial charge < -0.3 is 10.0 Å². The van der Waals surface area contributed by atoms with Gasteiger partial charge in [0, 0.05) is 29.4 Å². The monoisotopic (exact) mass is 383 g/mol. The molecule has 0 saturated carbocycles. The van der Waals surface area contributed by atoms with E-state index in [1.54, 1.807) is 27.2 Å². The van der Waals surface area contributed by atoms with Crippen molar-refractivity contribution in [1.82, 2.24) is 25.1 Å². The first-order chi connectivity index (χ1) is 13.1. The Morgan fingerprint density at radius 3 is 2.74 bits per heavy atom. The number of thiophene rings is 1. The van der Waals surface area contributed by atoms with Crippen LogP contribution >= 0.6 is 11.3 Å². The van der Waals surface area contributed by atoms with Gasteiger partial charge in [-0.25, -0.2) is 4.68 Å². The molecule has 7 nitrogen and oxygen atoms in total. The summed E-state index contributed by atoms with van der Waals surface area (Å²) in [6.45, 7) is 3.66. The molecular weight excluding hydrogens is 362 g/mol. The number of aromatic nitrogens is 4. The maximum absolute atomic E-state index is 12.8. The number of carbonyl (C=O) groups excluding carboxylic acids is 1. The highest BCUT2D eigenvalue weighted by molar-refractivity contribution is 7.10. The van der Waals surface area contributed by atoms with Crippen molar-refractivity contribution in [3.63, 3.8) is 0 Å². The minimum atomic E-state index is -0.529. The first-order valence-electron chi connectivity index (χ1n) is 8.93. The summed E-state index contributed by atoms with van der Waals surface area (Å²) in [5.41, 5.74) is 2.88. The highest BCUT2D eigenvalue weighted by atomic mass is 32.1. The molecule has 0 bridgehead atoms. The van der Waals surface area contributed by atoms with Gasteiger partial charge in [0.05, 0.1) is 12.6 Å². The van der Waals surface area contributed by atoms with Crippen molar-refractivity contribution in [2.75, 3.05) is 13.1 Å². The van der Waals surface area contributed by atoms with Crippen molar-refractivity contribution in [2.45, 2.75) is 31.9 Å². The normalized spacial score (nSPS) is 20.0. The molecule has 3 heterocycles. The summed E-state index contributed by atoms with van der Waals surface area (Å²) in [6.07, 6.45) is 1.81. The van der Waals surface area contributed by atoms with Crippen LogP contribution < -0.4 is 0 Å². The number of hydrogen-bond donors (Lipinski definition) is 1. The van der Waals surface area contributed by atoms with E-state index in [2.05, 4.69) is 33.9 Å². The summed E-state index contributed by atoms with van der Waals surface area (Å²) in [4.78, 5) is 15.8. The van der Waals surface area contributed by atoms with Crippen LogP contribution in [0.1, 0.15) is 38.7 Å². The van der Waals surface area contributed by atoms with E-state index >= 15 is 0 Å². The molecule has 2 aromatic heterocycles. The standard InChI is InChI=1S/C19H21N5O2S/c1-13-7-9-27-18(13)16-6-8-23(11-17(16)25)19(26)15-4-2-14(3-5-15)10-24-12-20-21-22-24/h2-5,7,9,12,16-17,25H,6,8,10-11H2,1H3/t16-,17-/m1/s1. The number of aliphatic hydroxyl groups is 1. The van der Waals surface area contributed by atoms with Gasteiger partial charge in [-0.2, -0.15) is 0 Å². The van der Waals surface area contributed by atoms with E-state index in [-0.39, 0.29) is 11.8 Å². The van der Waals surface area contributed by atoms with Crippen LogP contribution in [-0.2, 0) is 6.54 Å². The van der Waals surface area contributed by atoms with E-state index in [0.717, 1.165) is 12.0 Å². The molecule has 2 atom stereocenters. The number of benzene rings is 1. The molecule has 0 spiro atoms. The second-order valence-corrected chi connectivity index (χ2v) is 7.83. The Morgan fingerprint density at radius 1 is 1.30 bits per heavy atom. The number of piperidine rings is 1. The molecule has 0 radical (unpaired) electrons. The summed E-state index contributed by atoms with van der Waals surface area (Å²) in [5, 5.41) is 23.7. The minimum absolute atomic E-state index is 0.0376. The number of likely N-dealkylation sites (tertiary alicyclic amines) is 1. The summed E-state index contributed by atoms with van der Waals surface area (Å²) >= 11 is 1.69. The highest BCUT2D eigenvalue weighted by Crippen LogP contribution is 2.34. The van der Waals surface area contributed by atoms with Crippen molar-refractivity contribution in [3.05, 3.63) is 63.6 Å². The molecule has 1 amide bonds. The van der Waals surface area contributed by atoms with Crippen LogP contribution in [0.4, 0.5) is 0 Å². The van der Waals surface area contributed by atoms with Gasteiger partial charge in [0.2, 0.25) is 0 Å². The van der Waals surface area contributed by atoms with E-state index in [0.29, 0.717) is 25.2 Å². The zero-order valence-electron chi connectivity index (χ0n) is 15.0. The van der Waals surface area contributed by atoms with E-state index < -0.39 is 6.10 Å². The van der Waals surface area contributed by atoms with Gasteiger partial charge in [-0.3, -0.25) is 4.79 Å². The number of rotatable bonds is 4. The Morgan fingerprint density at radius 2 is 2.11 bits per heavy atom. The van der Waals surface area contributed by atoms with Gasteiger partial charge in [0.25, 0.3) is 5.91 Å². The zero-order valence-corrected chi connectivity index (χ0v) is 15.8. The maximum atomic E-state index is 12.8. The molecule has 1 saturated heterocycles. The zero-order chi connectivity index (χ0) is 18.8. The van der Waals surface area contributed by atoms with Crippen LogP contribution in [-0.4, -0.2) is 55.3 Å². The van der Waals surface area contributed by atoms with Crippen LogP contribution in [0.15, 0.2) is 42.0 Å². The van der Waals surface area contributed by atoms with Crippen molar-refractivity contribution in [1.29, 1.82) is 0 Å². The second kappa shape index (κ2) is 7.58. The Labute approximate surface area is 161 Å². The van der Waals surface area contributed by atoms with Gasteiger partial charge >= 0.3 is 0 Å². The number of β-amino-alcohol motifs (C(OH)–C–C–N with tert-alkyl or cyclic N) is 1. The third-order valence-electron chi connectivity index (χ3n) is 5.04. The first kappa shape index (κ1) is 17.8. The molecule has 1 N–H and O–H groups in total. The average Bonchev–Trinajstić information content (AvgIpc) is 3.33. The number of hydrogen-bond acceptors (Lipinski definition) is 6. The third kappa shape index (κ3) is 3.77. The number of amides is 1. The lowest BCUT2D eigenvalue weighted by molar-refractivity contribution is 0.0387. The highest BCUT2D eigenvalue weighted by Gasteiger charge is 2.32. The fourth-order valence-corrected chi connectivity index (χ4v) is 4.68. The molecule has 4 rings (SSSR count). The van der Waals surface area contributed by atoms with Crippen LogP contribution in [0.3, 0.4) is 0 Å². The lowest BCUT2D eigenvalue weighted by Gasteiger charge is -2.36. The first-order valence-corrected chi connectivity index (χ1v) is 9.81. The Bertz CT molecular complexity index is 907. The third-order valence-corrected chi connectivity index (χ3v) is 6.20. The molecule has 1 fully saturated rings.